The number of benzene rings is 3. The molecule has 121 heavy (non-hydrogen) atoms. The summed E-state index contributed by atoms with van der Waals surface area (Å²) in [6.45, 7) is 39.0. The maximum Gasteiger partial charge on any atom is 0.332 e. The summed E-state index contributed by atoms with van der Waals surface area (Å²) < 4.78 is 73.7. The van der Waals surface area contributed by atoms with Gasteiger partial charge < -0.3 is 23.8 Å². The standard InChI is InChI=1S/C30H36FN5O5S.C28H31FN6O4S.C28H34FN5O4S/c1-18(2)16-24(37)30(4,5)35-26(38)25-19(3)27(36-32-11-12-33-36)42-28(25)34(29(35)39)13-8-20-17-21(31)6-7-23(20)41-22-9-14-40-15-10-22;1-17(2)15-22(36)28(4,5)34-24(37)23-18(3)25(35-31-10-11-32-35)40-26(23)33(27(34)38)13-9-19-16-20(29)7-8-21(19)39-14-12-30-6;1-16(2)14-22(35)28(6,7)33-24(36)23-18(5)25(34-30-11-12-31-34)39-26(23)32(27(33)37)13-10-19-15-20(29)8-9-21(19)38-17(3)4/h6-7,11-12,17-18,22H,8-10,13-16H2,1-5H3;7-8,10-11,16-17H,9,12-15H2,1-5H3;8-9,11-12,15-17H,10,13-14H2,1-7H3. The van der Waals surface area contributed by atoms with E-state index in [2.05, 4.69) is 35.4 Å². The smallest absolute Gasteiger partial charge is 0.332 e. The first-order valence-electron chi connectivity index (χ1n) is 40.1. The van der Waals surface area contributed by atoms with Crippen LogP contribution in [0.3, 0.4) is 0 Å². The number of aromatic nitrogens is 15. The molecule has 35 heteroatoms. The molecule has 12 aromatic rings. The van der Waals surface area contributed by atoms with Gasteiger partial charge in [0.2, 0.25) is 6.54 Å². The lowest BCUT2D eigenvalue weighted by atomic mass is 9.91. The van der Waals surface area contributed by atoms with Crippen molar-refractivity contribution < 1.29 is 46.5 Å². The lowest BCUT2D eigenvalue weighted by molar-refractivity contribution is -0.127. The molecule has 9 aromatic heterocycles. The zero-order valence-electron chi connectivity index (χ0n) is 71.0. The fourth-order valence-electron chi connectivity index (χ4n) is 14.6. The van der Waals surface area contributed by atoms with Gasteiger partial charge in [0, 0.05) is 68.4 Å². The number of halogens is 3. The highest BCUT2D eigenvalue weighted by atomic mass is 32.1. The summed E-state index contributed by atoms with van der Waals surface area (Å²) in [7, 11) is 0. The highest BCUT2D eigenvalue weighted by Crippen LogP contribution is 2.37. The van der Waals surface area contributed by atoms with Crippen LogP contribution in [0.4, 0.5) is 13.2 Å². The summed E-state index contributed by atoms with van der Waals surface area (Å²) in [5.41, 5.74) is -4.09. The molecule has 1 aliphatic heterocycles. The van der Waals surface area contributed by atoms with Crippen LogP contribution in [0.15, 0.2) is 121 Å². The molecule has 1 fully saturated rings. The summed E-state index contributed by atoms with van der Waals surface area (Å²) in [6, 6.07) is 12.8. The molecule has 642 valence electrons. The number of carbonyl (C=O) groups is 3. The lowest BCUT2D eigenvalue weighted by Gasteiger charge is -2.27. The van der Waals surface area contributed by atoms with Crippen LogP contribution in [-0.2, 0) is 74.6 Å². The van der Waals surface area contributed by atoms with Gasteiger partial charge in [0.25, 0.3) is 16.7 Å². The van der Waals surface area contributed by atoms with E-state index in [0.717, 1.165) is 26.5 Å². The van der Waals surface area contributed by atoms with Gasteiger partial charge in [0.05, 0.1) is 72.7 Å². The Balaban J connectivity index is 0.000000177. The largest absolute Gasteiger partial charge is 0.491 e. The van der Waals surface area contributed by atoms with Gasteiger partial charge in [-0.15, -0.1) is 14.4 Å². The topological polar surface area (TPSA) is 317 Å². The first kappa shape index (κ1) is 90.4. The molecule has 0 N–H and O–H groups in total. The van der Waals surface area contributed by atoms with Crippen molar-refractivity contribution in [1.29, 1.82) is 0 Å². The Morgan fingerprint density at radius 1 is 0.488 bits per heavy atom. The van der Waals surface area contributed by atoms with Crippen molar-refractivity contribution in [1.82, 2.24) is 72.4 Å². The van der Waals surface area contributed by atoms with E-state index >= 15 is 0 Å². The normalized spacial score (nSPS) is 12.9. The number of fused-ring (bicyclic) bond motifs is 3. The van der Waals surface area contributed by atoms with Crippen molar-refractivity contribution in [2.24, 2.45) is 17.8 Å². The summed E-state index contributed by atoms with van der Waals surface area (Å²) in [6.07, 6.45) is 11.8. The molecule has 1 aliphatic rings. The Labute approximate surface area is 707 Å². The summed E-state index contributed by atoms with van der Waals surface area (Å²) in [5, 5.41) is 28.0. The Hall–Kier alpha value is -11.4. The number of aryl methyl sites for hydroxylation is 9. The molecule has 0 unspecified atom stereocenters. The van der Waals surface area contributed by atoms with Crippen molar-refractivity contribution in [3.05, 3.63) is 217 Å². The van der Waals surface area contributed by atoms with Gasteiger partial charge in [-0.3, -0.25) is 42.5 Å². The van der Waals surface area contributed by atoms with E-state index < -0.39 is 67.8 Å². The van der Waals surface area contributed by atoms with Crippen molar-refractivity contribution in [2.45, 2.75) is 218 Å². The molecule has 3 aromatic carbocycles. The molecule has 0 saturated carbocycles. The second kappa shape index (κ2) is 37.7. The quantitative estimate of drug-likeness (QED) is 0.0288. The van der Waals surface area contributed by atoms with E-state index in [9.17, 15) is 56.3 Å². The van der Waals surface area contributed by atoms with Crippen molar-refractivity contribution in [2.75, 3.05) is 26.4 Å². The van der Waals surface area contributed by atoms with Crippen LogP contribution in [0.2, 0.25) is 0 Å². The molecule has 0 spiro atoms. The zero-order valence-corrected chi connectivity index (χ0v) is 73.4. The molecule has 0 amide bonds. The molecule has 13 rings (SSSR count). The lowest BCUT2D eigenvalue weighted by Crippen LogP contribution is -2.52. The van der Waals surface area contributed by atoms with Crippen LogP contribution < -0.4 is 48.0 Å². The van der Waals surface area contributed by atoms with E-state index in [0.29, 0.717) is 109 Å². The molecule has 0 atom stereocenters. The zero-order chi connectivity index (χ0) is 88.0. The first-order valence-corrected chi connectivity index (χ1v) is 42.5. The summed E-state index contributed by atoms with van der Waals surface area (Å²) in [5.74, 6) is -0.269. The Morgan fingerprint density at radius 3 is 1.11 bits per heavy atom. The Morgan fingerprint density at radius 2 is 0.793 bits per heavy atom. The molecule has 1 saturated heterocycles. The molecule has 0 bridgehead atoms. The molecule has 29 nitrogen and oxygen atoms in total. The minimum absolute atomic E-state index is 0.0445. The summed E-state index contributed by atoms with van der Waals surface area (Å²) >= 11 is 3.65. The van der Waals surface area contributed by atoms with Crippen LogP contribution in [0.25, 0.3) is 50.5 Å². The molecule has 10 heterocycles. The van der Waals surface area contributed by atoms with Gasteiger partial charge in [0.1, 0.15) is 86.9 Å². The van der Waals surface area contributed by atoms with Crippen molar-refractivity contribution in [3.63, 3.8) is 0 Å². The van der Waals surface area contributed by atoms with Gasteiger partial charge in [-0.2, -0.15) is 30.6 Å². The van der Waals surface area contributed by atoms with Crippen molar-refractivity contribution >= 4 is 82.0 Å². The maximum absolute atomic E-state index is 14.4. The van der Waals surface area contributed by atoms with Gasteiger partial charge in [-0.1, -0.05) is 75.6 Å². The molecule has 0 aliphatic carbocycles. The predicted molar refractivity (Wildman–Crippen MR) is 459 cm³/mol. The molecular formula is C86H101F3N16O13S3. The monoisotopic (exact) mass is 1720 g/mol. The molecule has 0 radical (unpaired) electrons. The van der Waals surface area contributed by atoms with Gasteiger partial charge in [-0.25, -0.2) is 47.8 Å². The minimum atomic E-state index is -1.40. The number of hydrogen-bond acceptors (Lipinski definition) is 22. The SMILES string of the molecule is Cc1c(-n2nccn2)sc2c1c(=O)n(C(C)(C)C(=O)CC(C)C)c(=O)n2CCc1cc(F)ccc1OC(C)C.Cc1c(-n2nccn2)sc2c1c(=O)n(C(C)(C)C(=O)CC(C)C)c(=O)n2CCc1cc(F)ccc1OC1CCOCC1.[C-]#[N+]CCOc1ccc(F)cc1CCn1c(=O)n(C(C)(C)C(=O)CC(C)C)c(=O)c2c(C)c(-n3nccn3)sc21. The van der Waals surface area contributed by atoms with Crippen LogP contribution >= 0.6 is 34.0 Å². The fraction of sp³-hybridized carbons (Fsp3) is 0.465. The fourth-order valence-corrected chi connectivity index (χ4v) is 18.3. The van der Waals surface area contributed by atoms with Crippen LogP contribution in [0.5, 0.6) is 17.2 Å². The number of Topliss-reactive ketones (excluding diaryl/α,β-unsaturated/α-hetero) is 3. The second-order valence-electron chi connectivity index (χ2n) is 32.9. The van der Waals surface area contributed by atoms with Crippen LogP contribution in [0.1, 0.15) is 162 Å². The van der Waals surface area contributed by atoms with Gasteiger partial charge in [0.15, 0.2) is 24.0 Å². The van der Waals surface area contributed by atoms with E-state index in [1.807, 2.05) is 55.4 Å². The number of ketones is 3. The first-order chi connectivity index (χ1) is 57.3. The third kappa shape index (κ3) is 19.4. The number of carbonyl (C=O) groups excluding carboxylic acids is 3. The number of nitrogens with zero attached hydrogens (tertiary/aromatic N) is 16. The highest BCUT2D eigenvalue weighted by molar-refractivity contribution is 7.22. The third-order valence-corrected chi connectivity index (χ3v) is 24.9. The van der Waals surface area contributed by atoms with E-state index in [1.54, 1.807) is 74.4 Å². The molecular weight excluding hydrogens is 1620 g/mol. The minimum Gasteiger partial charge on any atom is -0.491 e. The Kier molecular flexibility index (Phi) is 28.2. The number of thiophene rings is 3. The number of ether oxygens (including phenoxy) is 4. The third-order valence-electron chi connectivity index (χ3n) is 21.0. The van der Waals surface area contributed by atoms with E-state index in [1.165, 1.54) is 142 Å². The second-order valence-corrected chi connectivity index (χ2v) is 35.8. The number of hydrogen-bond donors (Lipinski definition) is 0. The number of rotatable bonds is 31. The van der Waals surface area contributed by atoms with E-state index in [4.69, 9.17) is 25.5 Å². The van der Waals surface area contributed by atoms with Gasteiger partial charge in [-0.05, 0) is 184 Å². The maximum atomic E-state index is 14.4. The van der Waals surface area contributed by atoms with Gasteiger partial charge >= 0.3 is 17.1 Å². The summed E-state index contributed by atoms with van der Waals surface area (Å²) in [4.78, 5) is 133. The average Bonchev–Trinajstić information content (AvgIpc) is 1.66. The Bertz CT molecular complexity index is 6250. The van der Waals surface area contributed by atoms with Crippen LogP contribution in [0, 0.1) is 62.5 Å². The highest BCUT2D eigenvalue weighted by Gasteiger charge is 2.40. The average molecular weight is 1720 g/mol. The predicted octanol–water partition coefficient (Wildman–Crippen LogP) is 13.2. The van der Waals surface area contributed by atoms with Crippen molar-refractivity contribution in [3.8, 4) is 32.3 Å². The van der Waals surface area contributed by atoms with E-state index in [-0.39, 0.29) is 119 Å². The van der Waals surface area contributed by atoms with Crippen LogP contribution in [-0.4, -0.2) is 128 Å².